The maximum absolute atomic E-state index is 12.8. The van der Waals surface area contributed by atoms with Gasteiger partial charge in [-0.05, 0) is 43.7 Å². The number of pyridine rings is 1. The van der Waals surface area contributed by atoms with E-state index in [-0.39, 0.29) is 5.91 Å². The van der Waals surface area contributed by atoms with E-state index in [9.17, 15) is 4.79 Å². The van der Waals surface area contributed by atoms with Crippen molar-refractivity contribution >= 4 is 17.0 Å². The van der Waals surface area contributed by atoms with E-state index in [4.69, 9.17) is 13.7 Å². The first-order valence-electron chi connectivity index (χ1n) is 8.99. The van der Waals surface area contributed by atoms with Crippen molar-refractivity contribution in [3.05, 3.63) is 66.1 Å². The lowest BCUT2D eigenvalue weighted by Gasteiger charge is -2.08. The number of furan rings is 1. The second-order valence-corrected chi connectivity index (χ2v) is 6.25. The Labute approximate surface area is 161 Å². The largest absolute Gasteiger partial charge is 0.494 e. The third-order valence-electron chi connectivity index (χ3n) is 4.25. The summed E-state index contributed by atoms with van der Waals surface area (Å²) < 4.78 is 16.3. The number of ether oxygens (including phenoxy) is 1. The minimum absolute atomic E-state index is 0.216. The molecule has 3 aromatic heterocycles. The Bertz CT molecular complexity index is 1070. The van der Waals surface area contributed by atoms with Crippen LogP contribution in [0.25, 0.3) is 22.6 Å². The molecule has 7 nitrogen and oxygen atoms in total. The van der Waals surface area contributed by atoms with Gasteiger partial charge in [0.05, 0.1) is 29.5 Å². The van der Waals surface area contributed by atoms with Crippen LogP contribution in [-0.4, -0.2) is 29.2 Å². The Morgan fingerprint density at radius 3 is 2.82 bits per heavy atom. The van der Waals surface area contributed by atoms with Crippen molar-refractivity contribution in [2.75, 3.05) is 13.2 Å². The van der Waals surface area contributed by atoms with Gasteiger partial charge in [-0.25, -0.2) is 4.98 Å². The number of amides is 1. The summed E-state index contributed by atoms with van der Waals surface area (Å²) in [5.41, 5.74) is 1.90. The number of carbonyl (C=O) groups is 1. The highest BCUT2D eigenvalue weighted by Crippen LogP contribution is 2.27. The predicted octanol–water partition coefficient (Wildman–Crippen LogP) is 3.99. The van der Waals surface area contributed by atoms with Gasteiger partial charge < -0.3 is 19.0 Å². The molecule has 1 amide bonds. The molecule has 0 saturated carbocycles. The molecule has 3 heterocycles. The maximum atomic E-state index is 12.8. The molecule has 7 heteroatoms. The van der Waals surface area contributed by atoms with Crippen LogP contribution in [0, 0.1) is 6.92 Å². The summed E-state index contributed by atoms with van der Waals surface area (Å²) in [7, 11) is 0. The van der Waals surface area contributed by atoms with Gasteiger partial charge in [0.15, 0.2) is 5.76 Å². The summed E-state index contributed by atoms with van der Waals surface area (Å²) in [6.45, 7) is 2.78. The first kappa shape index (κ1) is 17.8. The Balaban J connectivity index is 1.45. The van der Waals surface area contributed by atoms with Crippen molar-refractivity contribution in [1.29, 1.82) is 0 Å². The molecule has 4 aromatic rings. The van der Waals surface area contributed by atoms with E-state index < -0.39 is 0 Å². The Kier molecular flexibility index (Phi) is 5.05. The minimum Gasteiger partial charge on any atom is -0.494 e. The maximum Gasteiger partial charge on any atom is 0.259 e. The summed E-state index contributed by atoms with van der Waals surface area (Å²) in [4.78, 5) is 17.2. The number of nitrogens with one attached hydrogen (secondary N) is 1. The molecule has 0 radical (unpaired) electrons. The van der Waals surface area contributed by atoms with E-state index in [2.05, 4.69) is 15.5 Å². The fourth-order valence-corrected chi connectivity index (χ4v) is 2.90. The highest BCUT2D eigenvalue weighted by Gasteiger charge is 2.19. The van der Waals surface area contributed by atoms with Gasteiger partial charge in [0.2, 0.25) is 0 Å². The first-order chi connectivity index (χ1) is 13.7. The average molecular weight is 377 g/mol. The van der Waals surface area contributed by atoms with Gasteiger partial charge in [0.25, 0.3) is 11.6 Å². The number of carbonyl (C=O) groups excluding carboxylic acids is 1. The molecular weight excluding hydrogens is 358 g/mol. The molecule has 0 atom stereocenters. The van der Waals surface area contributed by atoms with Crippen LogP contribution in [0.1, 0.15) is 22.5 Å². The van der Waals surface area contributed by atoms with Gasteiger partial charge in [-0.2, -0.15) is 0 Å². The Morgan fingerprint density at radius 1 is 1.18 bits per heavy atom. The van der Waals surface area contributed by atoms with Gasteiger partial charge in [0, 0.05) is 6.54 Å². The molecule has 0 spiro atoms. The smallest absolute Gasteiger partial charge is 0.259 e. The number of rotatable bonds is 7. The highest BCUT2D eigenvalue weighted by molar-refractivity contribution is 6.06. The molecular formula is C21H19N3O4. The number of aryl methyl sites for hydroxylation is 1. The van der Waals surface area contributed by atoms with Crippen molar-refractivity contribution in [3.8, 4) is 17.2 Å². The van der Waals surface area contributed by atoms with Crippen LogP contribution in [0.5, 0.6) is 5.75 Å². The predicted molar refractivity (Wildman–Crippen MR) is 103 cm³/mol. The summed E-state index contributed by atoms with van der Waals surface area (Å²) in [5.74, 6) is 1.15. The molecule has 0 unspecified atom stereocenters. The van der Waals surface area contributed by atoms with Crippen LogP contribution in [0.4, 0.5) is 0 Å². The monoisotopic (exact) mass is 377 g/mol. The van der Waals surface area contributed by atoms with Crippen LogP contribution in [0.2, 0.25) is 0 Å². The van der Waals surface area contributed by atoms with Gasteiger partial charge in [-0.3, -0.25) is 4.79 Å². The second-order valence-electron chi connectivity index (χ2n) is 6.25. The van der Waals surface area contributed by atoms with E-state index in [0.717, 1.165) is 5.75 Å². The molecule has 1 aromatic carbocycles. The Hall–Kier alpha value is -3.61. The number of hydrogen-bond acceptors (Lipinski definition) is 6. The molecule has 1 N–H and O–H groups in total. The lowest BCUT2D eigenvalue weighted by molar-refractivity contribution is 0.0953. The van der Waals surface area contributed by atoms with Crippen molar-refractivity contribution in [3.63, 3.8) is 0 Å². The fourth-order valence-electron chi connectivity index (χ4n) is 2.90. The molecule has 142 valence electrons. The summed E-state index contributed by atoms with van der Waals surface area (Å²) in [6.07, 6.45) is 2.24. The minimum atomic E-state index is -0.216. The lowest BCUT2D eigenvalue weighted by Crippen LogP contribution is -2.26. The topological polar surface area (TPSA) is 90.4 Å². The van der Waals surface area contributed by atoms with Gasteiger partial charge in [-0.1, -0.05) is 23.4 Å². The normalized spacial score (nSPS) is 10.9. The third kappa shape index (κ3) is 3.73. The quantitative estimate of drug-likeness (QED) is 0.490. The zero-order valence-corrected chi connectivity index (χ0v) is 15.3. The number of para-hydroxylation sites is 1. The number of benzene rings is 1. The van der Waals surface area contributed by atoms with Crippen LogP contribution in [0.3, 0.4) is 0 Å². The van der Waals surface area contributed by atoms with Crippen molar-refractivity contribution in [2.24, 2.45) is 0 Å². The first-order valence-corrected chi connectivity index (χ1v) is 8.99. The molecule has 4 rings (SSSR count). The molecule has 0 aliphatic heterocycles. The van der Waals surface area contributed by atoms with Crippen LogP contribution >= 0.6 is 0 Å². The summed E-state index contributed by atoms with van der Waals surface area (Å²) >= 11 is 0. The fraction of sp³-hybridized carbons (Fsp3) is 0.190. The summed E-state index contributed by atoms with van der Waals surface area (Å²) in [6, 6.07) is 14.8. The second kappa shape index (κ2) is 7.96. The van der Waals surface area contributed by atoms with Crippen molar-refractivity contribution in [1.82, 2.24) is 15.5 Å². The number of nitrogens with zero attached hydrogens (tertiary/aromatic N) is 2. The van der Waals surface area contributed by atoms with E-state index in [1.807, 2.05) is 30.3 Å². The molecule has 28 heavy (non-hydrogen) atoms. The lowest BCUT2D eigenvalue weighted by atomic mass is 10.1. The highest BCUT2D eigenvalue weighted by atomic mass is 16.5. The van der Waals surface area contributed by atoms with E-state index in [1.54, 1.807) is 31.4 Å². The van der Waals surface area contributed by atoms with Crippen molar-refractivity contribution in [2.45, 2.75) is 13.3 Å². The van der Waals surface area contributed by atoms with Crippen LogP contribution in [-0.2, 0) is 0 Å². The molecule has 0 bridgehead atoms. The standard InChI is InChI=1S/C21H19N3O4/c1-14-19-16(13-17(18-9-5-11-27-18)23-21(19)28-24-14)20(25)22-10-6-12-26-15-7-3-2-4-8-15/h2-5,7-9,11,13H,6,10,12H2,1H3,(H,22,25). The SMILES string of the molecule is Cc1noc2nc(-c3ccco3)cc(C(=O)NCCCOc3ccccc3)c12. The third-order valence-corrected chi connectivity index (χ3v) is 4.25. The average Bonchev–Trinajstić information content (AvgIpc) is 3.38. The Morgan fingerprint density at radius 2 is 2.04 bits per heavy atom. The number of aromatic nitrogens is 2. The molecule has 0 aliphatic rings. The molecule has 0 aliphatic carbocycles. The summed E-state index contributed by atoms with van der Waals surface area (Å²) in [5, 5.41) is 7.46. The van der Waals surface area contributed by atoms with Gasteiger partial charge in [-0.15, -0.1) is 0 Å². The van der Waals surface area contributed by atoms with E-state index in [0.29, 0.717) is 53.4 Å². The van der Waals surface area contributed by atoms with E-state index >= 15 is 0 Å². The van der Waals surface area contributed by atoms with Gasteiger partial charge >= 0.3 is 0 Å². The zero-order valence-electron chi connectivity index (χ0n) is 15.3. The van der Waals surface area contributed by atoms with Crippen LogP contribution in [0.15, 0.2) is 63.7 Å². The van der Waals surface area contributed by atoms with Gasteiger partial charge in [0.1, 0.15) is 11.4 Å². The molecule has 0 saturated heterocycles. The molecule has 0 fully saturated rings. The van der Waals surface area contributed by atoms with E-state index in [1.165, 1.54) is 0 Å². The number of fused-ring (bicyclic) bond motifs is 1. The zero-order chi connectivity index (χ0) is 19.3. The van der Waals surface area contributed by atoms with Crippen molar-refractivity contribution < 1.29 is 18.5 Å². The number of hydrogen-bond donors (Lipinski definition) is 1. The van der Waals surface area contributed by atoms with Crippen LogP contribution < -0.4 is 10.1 Å².